The Morgan fingerprint density at radius 2 is 2.24 bits per heavy atom. The van der Waals surface area contributed by atoms with Crippen LogP contribution in [0.1, 0.15) is 18.9 Å². The first-order valence-electron chi connectivity index (χ1n) is 6.70. The molecule has 1 aliphatic rings. The van der Waals surface area contributed by atoms with E-state index in [0.717, 1.165) is 6.42 Å². The number of alkyl halides is 2. The molecule has 2 unspecified atom stereocenters. The van der Waals surface area contributed by atoms with Gasteiger partial charge in [-0.3, -0.25) is 4.99 Å². The highest BCUT2D eigenvalue weighted by Gasteiger charge is 2.33. The number of benzene rings is 1. The third-order valence-electron chi connectivity index (χ3n) is 3.34. The number of nitrogens with zero attached hydrogens (tertiary/aromatic N) is 1. The predicted molar refractivity (Wildman–Crippen MR) is 79.0 cm³/mol. The Kier molecular flexibility index (Phi) is 5.22. The number of ether oxygens (including phenoxy) is 1. The number of halogens is 3. The number of hydrogen-bond donors (Lipinski definition) is 2. The summed E-state index contributed by atoms with van der Waals surface area (Å²) >= 11 is 5.90. The van der Waals surface area contributed by atoms with Crippen molar-refractivity contribution >= 4 is 17.6 Å². The molecule has 1 saturated carbocycles. The van der Waals surface area contributed by atoms with Crippen molar-refractivity contribution in [1.29, 1.82) is 0 Å². The van der Waals surface area contributed by atoms with E-state index in [1.54, 1.807) is 13.1 Å². The maximum atomic E-state index is 12.4. The number of aliphatic imine (C=N–C) groups is 1. The Labute approximate surface area is 127 Å². The van der Waals surface area contributed by atoms with Gasteiger partial charge in [0.2, 0.25) is 0 Å². The molecule has 1 aromatic carbocycles. The molecular weight excluding hydrogens is 300 g/mol. The van der Waals surface area contributed by atoms with Crippen LogP contribution < -0.4 is 15.4 Å². The molecule has 0 aromatic heterocycles. The van der Waals surface area contributed by atoms with Gasteiger partial charge < -0.3 is 15.4 Å². The van der Waals surface area contributed by atoms with E-state index in [1.165, 1.54) is 12.1 Å². The first-order valence-corrected chi connectivity index (χ1v) is 7.08. The summed E-state index contributed by atoms with van der Waals surface area (Å²) in [5, 5.41) is 6.79. The molecule has 2 N–H and O–H groups in total. The first-order chi connectivity index (χ1) is 9.99. The summed E-state index contributed by atoms with van der Waals surface area (Å²) in [6.45, 7) is -0.422. The van der Waals surface area contributed by atoms with E-state index in [0.29, 0.717) is 35.1 Å². The van der Waals surface area contributed by atoms with Gasteiger partial charge in [0.05, 0.1) is 0 Å². The zero-order valence-electron chi connectivity index (χ0n) is 11.9. The highest BCUT2D eigenvalue weighted by Crippen LogP contribution is 2.29. The molecule has 1 aliphatic carbocycles. The van der Waals surface area contributed by atoms with Crippen molar-refractivity contribution < 1.29 is 13.5 Å². The van der Waals surface area contributed by atoms with Crippen LogP contribution in [-0.4, -0.2) is 25.7 Å². The molecule has 116 valence electrons. The quantitative estimate of drug-likeness (QED) is 0.648. The van der Waals surface area contributed by atoms with Crippen molar-refractivity contribution in [1.82, 2.24) is 10.6 Å². The Morgan fingerprint density at radius 3 is 2.81 bits per heavy atom. The molecule has 2 rings (SSSR count). The fourth-order valence-electron chi connectivity index (χ4n) is 1.97. The Morgan fingerprint density at radius 1 is 1.52 bits per heavy atom. The van der Waals surface area contributed by atoms with Gasteiger partial charge in [0, 0.05) is 30.2 Å². The fraction of sp³-hybridized carbons (Fsp3) is 0.500. The van der Waals surface area contributed by atoms with E-state index >= 15 is 0 Å². The van der Waals surface area contributed by atoms with Gasteiger partial charge in [-0.1, -0.05) is 18.5 Å². The fourth-order valence-corrected chi connectivity index (χ4v) is 2.16. The van der Waals surface area contributed by atoms with E-state index in [-0.39, 0.29) is 5.75 Å². The molecule has 0 radical (unpaired) electrons. The maximum absolute atomic E-state index is 12.4. The molecule has 0 amide bonds. The van der Waals surface area contributed by atoms with Crippen LogP contribution in [0.5, 0.6) is 5.75 Å². The molecule has 0 bridgehead atoms. The number of nitrogens with one attached hydrogen (secondary N) is 2. The molecule has 0 aliphatic heterocycles. The SMILES string of the molecule is CN=C(NCc1cc(Cl)ccc1OC(F)F)NC1CC1C. The van der Waals surface area contributed by atoms with Crippen molar-refractivity contribution in [3.8, 4) is 5.75 Å². The average Bonchev–Trinajstić information content (AvgIpc) is 3.12. The van der Waals surface area contributed by atoms with Gasteiger partial charge in [0.1, 0.15) is 5.75 Å². The second-order valence-electron chi connectivity index (χ2n) is 5.02. The Hall–Kier alpha value is -1.56. The largest absolute Gasteiger partial charge is 0.434 e. The zero-order valence-corrected chi connectivity index (χ0v) is 12.6. The topological polar surface area (TPSA) is 45.7 Å². The predicted octanol–water partition coefficient (Wildman–Crippen LogP) is 3.01. The molecule has 4 nitrogen and oxygen atoms in total. The van der Waals surface area contributed by atoms with Crippen LogP contribution >= 0.6 is 11.6 Å². The van der Waals surface area contributed by atoms with Crippen LogP contribution in [-0.2, 0) is 6.54 Å². The lowest BCUT2D eigenvalue weighted by Gasteiger charge is -2.14. The average molecular weight is 318 g/mol. The highest BCUT2D eigenvalue weighted by atomic mass is 35.5. The van der Waals surface area contributed by atoms with E-state index in [9.17, 15) is 8.78 Å². The van der Waals surface area contributed by atoms with E-state index in [1.807, 2.05) is 0 Å². The zero-order chi connectivity index (χ0) is 15.4. The van der Waals surface area contributed by atoms with Crippen molar-refractivity contribution in [3.63, 3.8) is 0 Å². The van der Waals surface area contributed by atoms with Gasteiger partial charge in [0.15, 0.2) is 5.96 Å². The Bertz CT molecular complexity index is 525. The second-order valence-corrected chi connectivity index (χ2v) is 5.46. The van der Waals surface area contributed by atoms with E-state index in [4.69, 9.17) is 11.6 Å². The lowest BCUT2D eigenvalue weighted by molar-refractivity contribution is -0.0504. The molecule has 0 heterocycles. The van der Waals surface area contributed by atoms with Gasteiger partial charge in [-0.05, 0) is 30.5 Å². The minimum Gasteiger partial charge on any atom is -0.434 e. The first kappa shape index (κ1) is 15.8. The van der Waals surface area contributed by atoms with Gasteiger partial charge in [-0.2, -0.15) is 8.78 Å². The van der Waals surface area contributed by atoms with Crippen LogP contribution in [0.4, 0.5) is 8.78 Å². The van der Waals surface area contributed by atoms with Crippen molar-refractivity contribution in [2.45, 2.75) is 32.5 Å². The molecule has 7 heteroatoms. The smallest absolute Gasteiger partial charge is 0.387 e. The summed E-state index contributed by atoms with van der Waals surface area (Å²) in [5.74, 6) is 1.37. The standard InChI is InChI=1S/C14H18ClF2N3O/c1-8-5-11(8)20-14(18-2)19-7-9-6-10(15)3-4-12(9)21-13(16)17/h3-4,6,8,11,13H,5,7H2,1-2H3,(H2,18,19,20). The maximum Gasteiger partial charge on any atom is 0.387 e. The van der Waals surface area contributed by atoms with Crippen molar-refractivity contribution in [2.24, 2.45) is 10.9 Å². The minimum absolute atomic E-state index is 0.108. The van der Waals surface area contributed by atoms with E-state index < -0.39 is 6.61 Å². The lowest BCUT2D eigenvalue weighted by Crippen LogP contribution is -2.38. The number of hydrogen-bond acceptors (Lipinski definition) is 2. The third-order valence-corrected chi connectivity index (χ3v) is 3.58. The molecule has 0 saturated heterocycles. The lowest BCUT2D eigenvalue weighted by atomic mass is 10.2. The summed E-state index contributed by atoms with van der Waals surface area (Å²) in [6.07, 6.45) is 1.11. The normalized spacial score (nSPS) is 21.3. The van der Waals surface area contributed by atoms with Crippen LogP contribution in [0, 0.1) is 5.92 Å². The summed E-state index contributed by atoms with van der Waals surface area (Å²) in [4.78, 5) is 4.10. The van der Waals surface area contributed by atoms with Crippen LogP contribution in [0.15, 0.2) is 23.2 Å². The molecular formula is C14H18ClF2N3O. The molecule has 1 fully saturated rings. The van der Waals surface area contributed by atoms with Gasteiger partial charge >= 0.3 is 6.61 Å². The summed E-state index contributed by atoms with van der Waals surface area (Å²) in [6, 6.07) is 4.97. The van der Waals surface area contributed by atoms with Crippen LogP contribution in [0.2, 0.25) is 5.02 Å². The van der Waals surface area contributed by atoms with Crippen molar-refractivity contribution in [2.75, 3.05) is 7.05 Å². The number of rotatable bonds is 5. The van der Waals surface area contributed by atoms with Gasteiger partial charge in [0.25, 0.3) is 0 Å². The highest BCUT2D eigenvalue weighted by molar-refractivity contribution is 6.30. The molecule has 2 atom stereocenters. The third kappa shape index (κ3) is 4.74. The number of guanidine groups is 1. The monoisotopic (exact) mass is 317 g/mol. The molecule has 1 aromatic rings. The van der Waals surface area contributed by atoms with Gasteiger partial charge in [-0.15, -0.1) is 0 Å². The van der Waals surface area contributed by atoms with Crippen LogP contribution in [0.3, 0.4) is 0 Å². The second kappa shape index (κ2) is 6.93. The summed E-state index contributed by atoms with van der Waals surface area (Å²) in [5.41, 5.74) is 0.551. The summed E-state index contributed by atoms with van der Waals surface area (Å²) in [7, 11) is 1.66. The minimum atomic E-state index is -2.87. The molecule has 21 heavy (non-hydrogen) atoms. The van der Waals surface area contributed by atoms with E-state index in [2.05, 4.69) is 27.3 Å². The Balaban J connectivity index is 1.98. The molecule has 0 spiro atoms. The van der Waals surface area contributed by atoms with Crippen LogP contribution in [0.25, 0.3) is 0 Å². The van der Waals surface area contributed by atoms with Gasteiger partial charge in [-0.25, -0.2) is 0 Å². The van der Waals surface area contributed by atoms with Crippen molar-refractivity contribution in [3.05, 3.63) is 28.8 Å². The summed E-state index contributed by atoms with van der Waals surface area (Å²) < 4.78 is 29.2.